The van der Waals surface area contributed by atoms with Gasteiger partial charge < -0.3 is 4.90 Å². The minimum absolute atomic E-state index is 0.0867. The average Bonchev–Trinajstić information content (AvgIpc) is 2.64. The summed E-state index contributed by atoms with van der Waals surface area (Å²) in [7, 11) is 3.79. The highest BCUT2D eigenvalue weighted by atomic mass is 31.0. The van der Waals surface area contributed by atoms with Gasteiger partial charge in [0.2, 0.25) is 5.95 Å². The van der Waals surface area contributed by atoms with E-state index in [0.717, 1.165) is 16.8 Å². The normalized spacial score (nSPS) is 13.2. The Hall–Kier alpha value is -2.80. The Morgan fingerprint density at radius 1 is 1.17 bits per heavy atom. The molecule has 0 aliphatic heterocycles. The van der Waals surface area contributed by atoms with Crippen LogP contribution < -0.4 is 10.5 Å². The van der Waals surface area contributed by atoms with Crippen molar-refractivity contribution in [2.45, 2.75) is 18.9 Å². The number of hydrogen-bond acceptors (Lipinski definition) is 5. The van der Waals surface area contributed by atoms with Crippen molar-refractivity contribution in [1.29, 1.82) is 0 Å². The second-order valence-corrected chi connectivity index (χ2v) is 8.06. The fourth-order valence-electron chi connectivity index (χ4n) is 2.71. The molecule has 3 aromatic rings. The van der Waals surface area contributed by atoms with Gasteiger partial charge in [0.15, 0.2) is 0 Å². The van der Waals surface area contributed by atoms with Gasteiger partial charge >= 0.3 is 0 Å². The van der Waals surface area contributed by atoms with Crippen molar-refractivity contribution < 1.29 is 13.2 Å². The van der Waals surface area contributed by atoms with E-state index in [-0.39, 0.29) is 18.7 Å². The summed E-state index contributed by atoms with van der Waals surface area (Å²) in [5, 5.41) is 2.74. The van der Waals surface area contributed by atoms with Crippen molar-refractivity contribution in [1.82, 2.24) is 19.7 Å². The van der Waals surface area contributed by atoms with Crippen LogP contribution in [0.4, 0.5) is 19.1 Å². The first-order valence-corrected chi connectivity index (χ1v) is 9.23. The molecule has 152 valence electrons. The van der Waals surface area contributed by atoms with Gasteiger partial charge in [0, 0.05) is 42.7 Å². The molecule has 0 amide bonds. The zero-order chi connectivity index (χ0) is 21.2. The van der Waals surface area contributed by atoms with Crippen LogP contribution in [0.2, 0.25) is 0 Å². The Bertz CT molecular complexity index is 1070. The van der Waals surface area contributed by atoms with Crippen LogP contribution in [-0.4, -0.2) is 38.8 Å². The molecule has 0 radical (unpaired) electrons. The summed E-state index contributed by atoms with van der Waals surface area (Å²) in [4.78, 5) is 22.1. The SMILES string of the molecule is CN(CC(C)(F)P)c1ncc(-c2ccc(=O)n(Cc3ccc(F)cc3F)n2)cn1. The minimum Gasteiger partial charge on any atom is -0.340 e. The third-order valence-corrected chi connectivity index (χ3v) is 4.21. The lowest BCUT2D eigenvalue weighted by atomic mass is 10.2. The van der Waals surface area contributed by atoms with E-state index in [1.54, 1.807) is 11.9 Å². The molecule has 0 fully saturated rings. The third-order valence-electron chi connectivity index (χ3n) is 4.02. The van der Waals surface area contributed by atoms with Crippen LogP contribution in [0.25, 0.3) is 11.3 Å². The van der Waals surface area contributed by atoms with Gasteiger partial charge in [-0.15, -0.1) is 0 Å². The molecule has 2 unspecified atom stereocenters. The molecule has 0 aliphatic carbocycles. The van der Waals surface area contributed by atoms with Crippen molar-refractivity contribution >= 4 is 15.2 Å². The Balaban J connectivity index is 1.84. The Kier molecular flexibility index (Phi) is 5.98. The van der Waals surface area contributed by atoms with Crippen molar-refractivity contribution in [2.24, 2.45) is 0 Å². The number of hydrogen-bond donors (Lipinski definition) is 0. The summed E-state index contributed by atoms with van der Waals surface area (Å²) in [5.41, 5.74) is 0.641. The van der Waals surface area contributed by atoms with Crippen molar-refractivity contribution in [3.63, 3.8) is 0 Å². The molecule has 0 aliphatic rings. The molecule has 0 bridgehead atoms. The zero-order valence-electron chi connectivity index (χ0n) is 15.8. The lowest BCUT2D eigenvalue weighted by Gasteiger charge is -2.23. The number of nitrogens with zero attached hydrogens (tertiary/aromatic N) is 5. The summed E-state index contributed by atoms with van der Waals surface area (Å²) in [6.07, 6.45) is 3.01. The molecule has 0 spiro atoms. The number of benzene rings is 1. The maximum absolute atomic E-state index is 13.9. The fourth-order valence-corrected chi connectivity index (χ4v) is 2.99. The molecular weight excluding hydrogens is 402 g/mol. The molecule has 1 aromatic carbocycles. The third kappa shape index (κ3) is 5.38. The van der Waals surface area contributed by atoms with Crippen LogP contribution in [0.1, 0.15) is 12.5 Å². The molecular formula is C19H19F3N5OP. The smallest absolute Gasteiger partial charge is 0.267 e. The molecule has 3 rings (SSSR count). The van der Waals surface area contributed by atoms with Crippen LogP contribution in [0.15, 0.2) is 47.5 Å². The molecule has 0 N–H and O–H groups in total. The van der Waals surface area contributed by atoms with Gasteiger partial charge in [0.05, 0.1) is 18.8 Å². The monoisotopic (exact) mass is 421 g/mol. The molecule has 2 atom stereocenters. The van der Waals surface area contributed by atoms with Crippen molar-refractivity contribution in [3.8, 4) is 11.3 Å². The fraction of sp³-hybridized carbons (Fsp3) is 0.263. The molecule has 0 saturated heterocycles. The molecule has 29 heavy (non-hydrogen) atoms. The maximum Gasteiger partial charge on any atom is 0.267 e. The number of alkyl halides is 1. The Labute approximate surface area is 167 Å². The molecule has 10 heteroatoms. The standard InChI is InChI=1S/C19H19F3N5OP/c1-19(22,29)11-26(2)18-23-8-13(9-24-18)16-5-6-17(28)27(25-16)10-12-3-4-14(20)7-15(12)21/h3-9H,10-11,29H2,1-2H3. The average molecular weight is 421 g/mol. The summed E-state index contributed by atoms with van der Waals surface area (Å²) in [6.45, 7) is 1.37. The van der Waals surface area contributed by atoms with Gasteiger partial charge in [-0.2, -0.15) is 5.10 Å². The van der Waals surface area contributed by atoms with E-state index < -0.39 is 22.6 Å². The van der Waals surface area contributed by atoms with Gasteiger partial charge in [-0.3, -0.25) is 4.79 Å². The first kappa shape index (κ1) is 20.9. The summed E-state index contributed by atoms with van der Waals surface area (Å²) in [6, 6.07) is 5.94. The number of halogens is 3. The predicted octanol–water partition coefficient (Wildman–Crippen LogP) is 3.02. The minimum atomic E-state index is -1.48. The van der Waals surface area contributed by atoms with E-state index in [4.69, 9.17) is 0 Å². The molecule has 2 aromatic heterocycles. The van der Waals surface area contributed by atoms with Crippen LogP contribution in [0.3, 0.4) is 0 Å². The lowest BCUT2D eigenvalue weighted by Crippen LogP contribution is -2.31. The largest absolute Gasteiger partial charge is 0.340 e. The van der Waals surface area contributed by atoms with Crippen LogP contribution >= 0.6 is 9.24 Å². The van der Waals surface area contributed by atoms with Crippen molar-refractivity contribution in [2.75, 3.05) is 18.5 Å². The van der Waals surface area contributed by atoms with E-state index in [1.165, 1.54) is 37.5 Å². The van der Waals surface area contributed by atoms with Gasteiger partial charge in [-0.1, -0.05) is 15.3 Å². The van der Waals surface area contributed by atoms with E-state index in [0.29, 0.717) is 17.2 Å². The van der Waals surface area contributed by atoms with Gasteiger partial charge in [0.25, 0.3) is 5.56 Å². The van der Waals surface area contributed by atoms with E-state index in [2.05, 4.69) is 24.3 Å². The second kappa shape index (κ2) is 8.29. The quantitative estimate of drug-likeness (QED) is 0.573. The van der Waals surface area contributed by atoms with Gasteiger partial charge in [-0.05, 0) is 19.1 Å². The Morgan fingerprint density at radius 2 is 1.86 bits per heavy atom. The number of rotatable bonds is 6. The maximum atomic E-state index is 13.9. The Morgan fingerprint density at radius 3 is 2.48 bits per heavy atom. The zero-order valence-corrected chi connectivity index (χ0v) is 17.0. The summed E-state index contributed by atoms with van der Waals surface area (Å²) >= 11 is 0. The van der Waals surface area contributed by atoms with Crippen LogP contribution in [0.5, 0.6) is 0 Å². The molecule has 6 nitrogen and oxygen atoms in total. The highest BCUT2D eigenvalue weighted by Crippen LogP contribution is 2.22. The highest BCUT2D eigenvalue weighted by molar-refractivity contribution is 7.18. The summed E-state index contributed by atoms with van der Waals surface area (Å²) in [5.74, 6) is -1.12. The van der Waals surface area contributed by atoms with Crippen LogP contribution in [-0.2, 0) is 6.54 Å². The highest BCUT2D eigenvalue weighted by Gasteiger charge is 2.20. The van der Waals surface area contributed by atoms with Gasteiger partial charge in [-0.25, -0.2) is 27.8 Å². The summed E-state index contributed by atoms with van der Waals surface area (Å²) < 4.78 is 41.8. The van der Waals surface area contributed by atoms with E-state index >= 15 is 0 Å². The van der Waals surface area contributed by atoms with E-state index in [9.17, 15) is 18.0 Å². The van der Waals surface area contributed by atoms with Crippen LogP contribution in [0, 0.1) is 11.6 Å². The first-order valence-electron chi connectivity index (χ1n) is 8.66. The number of anilines is 1. The first-order chi connectivity index (χ1) is 13.6. The van der Waals surface area contributed by atoms with Gasteiger partial charge in [0.1, 0.15) is 17.0 Å². The second-order valence-electron chi connectivity index (χ2n) is 6.86. The molecule has 0 saturated carbocycles. The van der Waals surface area contributed by atoms with E-state index in [1.807, 2.05) is 0 Å². The molecule has 2 heterocycles. The topological polar surface area (TPSA) is 63.9 Å². The number of aromatic nitrogens is 4. The van der Waals surface area contributed by atoms with Crippen molar-refractivity contribution in [3.05, 3.63) is 70.3 Å². The predicted molar refractivity (Wildman–Crippen MR) is 107 cm³/mol. The lowest BCUT2D eigenvalue weighted by molar-refractivity contribution is 0.320.